The van der Waals surface area contributed by atoms with Gasteiger partial charge in [0.15, 0.2) is 0 Å². The van der Waals surface area contributed by atoms with Crippen LogP contribution in [0, 0.1) is 11.8 Å². The van der Waals surface area contributed by atoms with Crippen molar-refractivity contribution in [1.29, 1.82) is 0 Å². The van der Waals surface area contributed by atoms with Gasteiger partial charge in [0.25, 0.3) is 0 Å². The maximum atomic E-state index is 12.4. The average Bonchev–Trinajstić information content (AvgIpc) is 3.05. The molecule has 1 aliphatic carbocycles. The number of carbonyl (C=O) groups is 2. The van der Waals surface area contributed by atoms with Crippen LogP contribution in [0.4, 0.5) is 11.4 Å². The second-order valence-electron chi connectivity index (χ2n) is 6.68. The fourth-order valence-corrected chi connectivity index (χ4v) is 5.28. The molecule has 1 aromatic rings. The molecule has 1 saturated heterocycles. The lowest BCUT2D eigenvalue weighted by Gasteiger charge is -2.28. The van der Waals surface area contributed by atoms with E-state index in [4.69, 9.17) is 5.73 Å². The van der Waals surface area contributed by atoms with Gasteiger partial charge in [-0.1, -0.05) is 6.42 Å². The lowest BCUT2D eigenvalue weighted by atomic mass is 9.94. The predicted molar refractivity (Wildman–Crippen MR) is 95.5 cm³/mol. The minimum absolute atomic E-state index is 0.168. The van der Waals surface area contributed by atoms with Gasteiger partial charge in [0.1, 0.15) is 0 Å². The second-order valence-corrected chi connectivity index (χ2v) is 8.69. The van der Waals surface area contributed by atoms with Gasteiger partial charge < -0.3 is 11.1 Å². The molecule has 0 radical (unpaired) electrons. The molecule has 2 unspecified atom stereocenters. The molecule has 1 aromatic carbocycles. The number of primary amides is 1. The quantitative estimate of drug-likeness (QED) is 0.841. The summed E-state index contributed by atoms with van der Waals surface area (Å²) in [4.78, 5) is 23.8. The highest BCUT2D eigenvalue weighted by atomic mass is 32.2. The molecule has 2 fully saturated rings. The summed E-state index contributed by atoms with van der Waals surface area (Å²) in [5, 5.41) is 2.80. The molecule has 25 heavy (non-hydrogen) atoms. The number of carbonyl (C=O) groups excluding carboxylic acids is 2. The van der Waals surface area contributed by atoms with Crippen LogP contribution in [-0.4, -0.2) is 32.5 Å². The number of hydrogen-bond acceptors (Lipinski definition) is 4. The summed E-state index contributed by atoms with van der Waals surface area (Å²) in [5.41, 5.74) is 6.55. The second kappa shape index (κ2) is 7.03. The van der Waals surface area contributed by atoms with Crippen LogP contribution >= 0.6 is 0 Å². The van der Waals surface area contributed by atoms with Gasteiger partial charge in [-0.3, -0.25) is 13.9 Å². The Kier molecular flexibility index (Phi) is 4.99. The van der Waals surface area contributed by atoms with Gasteiger partial charge in [-0.15, -0.1) is 0 Å². The highest BCUT2D eigenvalue weighted by Gasteiger charge is 2.36. The molecule has 0 bridgehead atoms. The summed E-state index contributed by atoms with van der Waals surface area (Å²) < 4.78 is 25.7. The van der Waals surface area contributed by atoms with Crippen molar-refractivity contribution < 1.29 is 18.0 Å². The fourth-order valence-electron chi connectivity index (χ4n) is 3.64. The van der Waals surface area contributed by atoms with Crippen molar-refractivity contribution in [2.45, 2.75) is 32.1 Å². The summed E-state index contributed by atoms with van der Waals surface area (Å²) in [6.45, 7) is 0.483. The number of sulfonamides is 1. The summed E-state index contributed by atoms with van der Waals surface area (Å²) in [6.07, 6.45) is 3.66. The first-order valence-electron chi connectivity index (χ1n) is 8.59. The normalized spacial score (nSPS) is 25.5. The van der Waals surface area contributed by atoms with Crippen LogP contribution in [0.2, 0.25) is 0 Å². The molecular weight excluding hydrogens is 342 g/mol. The van der Waals surface area contributed by atoms with E-state index < -0.39 is 21.8 Å². The highest BCUT2D eigenvalue weighted by Crippen LogP contribution is 2.32. The number of hydrogen-bond donors (Lipinski definition) is 2. The maximum absolute atomic E-state index is 12.4. The molecule has 2 amide bonds. The number of rotatable bonds is 4. The van der Waals surface area contributed by atoms with Crippen LogP contribution < -0.4 is 15.4 Å². The first-order valence-corrected chi connectivity index (χ1v) is 10.2. The summed E-state index contributed by atoms with van der Waals surface area (Å²) in [6, 6.07) is 6.76. The van der Waals surface area contributed by atoms with Gasteiger partial charge in [0.2, 0.25) is 21.8 Å². The zero-order valence-electron chi connectivity index (χ0n) is 14.0. The van der Waals surface area contributed by atoms with Crippen molar-refractivity contribution in [3.8, 4) is 0 Å². The Morgan fingerprint density at radius 1 is 1.04 bits per heavy atom. The third kappa shape index (κ3) is 3.78. The van der Waals surface area contributed by atoms with E-state index in [9.17, 15) is 18.0 Å². The SMILES string of the molecule is NC(=O)C1CCCC1C(=O)Nc1ccc(N2CCCCS2(=O)=O)cc1. The third-order valence-corrected chi connectivity index (χ3v) is 6.86. The minimum atomic E-state index is -3.25. The van der Waals surface area contributed by atoms with Crippen molar-refractivity contribution >= 4 is 33.2 Å². The van der Waals surface area contributed by atoms with Crippen LogP contribution in [0.15, 0.2) is 24.3 Å². The smallest absolute Gasteiger partial charge is 0.235 e. The molecule has 1 aliphatic heterocycles. The number of benzene rings is 1. The van der Waals surface area contributed by atoms with Gasteiger partial charge in [-0.25, -0.2) is 8.42 Å². The minimum Gasteiger partial charge on any atom is -0.369 e. The van der Waals surface area contributed by atoms with E-state index in [-0.39, 0.29) is 17.6 Å². The topological polar surface area (TPSA) is 110 Å². The van der Waals surface area contributed by atoms with Crippen molar-refractivity contribution in [2.75, 3.05) is 21.9 Å². The van der Waals surface area contributed by atoms with Crippen molar-refractivity contribution in [1.82, 2.24) is 0 Å². The number of nitrogens with zero attached hydrogens (tertiary/aromatic N) is 1. The Morgan fingerprint density at radius 2 is 1.72 bits per heavy atom. The molecule has 2 aliphatic rings. The van der Waals surface area contributed by atoms with E-state index in [1.807, 2.05) is 0 Å². The Hall–Kier alpha value is -2.09. The van der Waals surface area contributed by atoms with Gasteiger partial charge in [0, 0.05) is 24.1 Å². The molecule has 136 valence electrons. The first-order chi connectivity index (χ1) is 11.9. The zero-order valence-corrected chi connectivity index (χ0v) is 14.8. The predicted octanol–water partition coefficient (Wildman–Crippen LogP) is 1.46. The number of amides is 2. The Labute approximate surface area is 147 Å². The van der Waals surface area contributed by atoms with Crippen LogP contribution in [-0.2, 0) is 19.6 Å². The lowest BCUT2D eigenvalue weighted by Crippen LogP contribution is -2.37. The number of nitrogens with one attached hydrogen (secondary N) is 1. The largest absolute Gasteiger partial charge is 0.369 e. The molecule has 1 saturated carbocycles. The standard InChI is InChI=1S/C17H23N3O4S/c18-16(21)14-4-3-5-15(14)17(22)19-12-6-8-13(9-7-12)20-10-1-2-11-25(20,23)24/h6-9,14-15H,1-5,10-11H2,(H2,18,21)(H,19,22). The molecule has 3 N–H and O–H groups in total. The van der Waals surface area contributed by atoms with Crippen molar-refractivity contribution in [2.24, 2.45) is 17.6 Å². The van der Waals surface area contributed by atoms with E-state index in [1.165, 1.54) is 4.31 Å². The summed E-state index contributed by atoms with van der Waals surface area (Å²) in [7, 11) is -3.25. The molecule has 1 heterocycles. The Bertz CT molecular complexity index is 761. The molecule has 0 aromatic heterocycles. The monoisotopic (exact) mass is 365 g/mol. The molecule has 7 nitrogen and oxygen atoms in total. The highest BCUT2D eigenvalue weighted by molar-refractivity contribution is 7.92. The summed E-state index contributed by atoms with van der Waals surface area (Å²) in [5.74, 6) is -1.26. The van der Waals surface area contributed by atoms with E-state index in [0.717, 1.165) is 12.8 Å². The van der Waals surface area contributed by atoms with Gasteiger partial charge in [-0.05, 0) is 49.9 Å². The zero-order chi connectivity index (χ0) is 18.0. The third-order valence-electron chi connectivity index (χ3n) is 4.99. The van der Waals surface area contributed by atoms with Gasteiger partial charge in [0.05, 0.1) is 11.4 Å². The average molecular weight is 365 g/mol. The van der Waals surface area contributed by atoms with E-state index in [2.05, 4.69) is 5.32 Å². The Morgan fingerprint density at radius 3 is 2.36 bits per heavy atom. The van der Waals surface area contributed by atoms with Crippen LogP contribution in [0.5, 0.6) is 0 Å². The lowest BCUT2D eigenvalue weighted by molar-refractivity contribution is -0.129. The molecule has 8 heteroatoms. The van der Waals surface area contributed by atoms with Gasteiger partial charge >= 0.3 is 0 Å². The van der Waals surface area contributed by atoms with Crippen molar-refractivity contribution in [3.63, 3.8) is 0 Å². The van der Waals surface area contributed by atoms with E-state index >= 15 is 0 Å². The molecule has 2 atom stereocenters. The number of nitrogens with two attached hydrogens (primary N) is 1. The van der Waals surface area contributed by atoms with Crippen LogP contribution in [0.3, 0.4) is 0 Å². The van der Waals surface area contributed by atoms with Crippen LogP contribution in [0.25, 0.3) is 0 Å². The maximum Gasteiger partial charge on any atom is 0.235 e. The molecule has 0 spiro atoms. The Balaban J connectivity index is 1.68. The van der Waals surface area contributed by atoms with Crippen LogP contribution in [0.1, 0.15) is 32.1 Å². The van der Waals surface area contributed by atoms with E-state index in [1.54, 1.807) is 24.3 Å². The van der Waals surface area contributed by atoms with E-state index in [0.29, 0.717) is 37.2 Å². The van der Waals surface area contributed by atoms with Crippen molar-refractivity contribution in [3.05, 3.63) is 24.3 Å². The van der Waals surface area contributed by atoms with Gasteiger partial charge in [-0.2, -0.15) is 0 Å². The molecular formula is C17H23N3O4S. The fraction of sp³-hybridized carbons (Fsp3) is 0.529. The molecule has 3 rings (SSSR count). The summed E-state index contributed by atoms with van der Waals surface area (Å²) >= 11 is 0. The number of anilines is 2. The first kappa shape index (κ1) is 17.7.